The first-order valence-corrected chi connectivity index (χ1v) is 9.72. The summed E-state index contributed by atoms with van der Waals surface area (Å²) < 4.78 is 0. The molecule has 4 nitrogen and oxygen atoms in total. The molecule has 1 saturated heterocycles. The average molecular weight is 332 g/mol. The Kier molecular flexibility index (Phi) is 4.14. The fraction of sp³-hybridized carbons (Fsp3) is 0.667. The van der Waals surface area contributed by atoms with Gasteiger partial charge in [-0.15, -0.1) is 11.3 Å². The van der Waals surface area contributed by atoms with Crippen molar-refractivity contribution in [1.29, 1.82) is 0 Å². The van der Waals surface area contributed by atoms with Crippen molar-refractivity contribution >= 4 is 23.2 Å². The Labute approximate surface area is 141 Å². The van der Waals surface area contributed by atoms with Crippen molar-refractivity contribution in [3.05, 3.63) is 22.4 Å². The lowest BCUT2D eigenvalue weighted by atomic mass is 9.87. The highest BCUT2D eigenvalue weighted by Gasteiger charge is 2.44. The van der Waals surface area contributed by atoms with Crippen LogP contribution < -0.4 is 0 Å². The molecule has 1 aromatic heterocycles. The van der Waals surface area contributed by atoms with E-state index >= 15 is 0 Å². The highest BCUT2D eigenvalue weighted by atomic mass is 32.1. The highest BCUT2D eigenvalue weighted by molar-refractivity contribution is 7.12. The third kappa shape index (κ3) is 2.91. The van der Waals surface area contributed by atoms with Gasteiger partial charge in [0.05, 0.1) is 4.88 Å². The van der Waals surface area contributed by atoms with Crippen molar-refractivity contribution in [1.82, 2.24) is 9.80 Å². The van der Waals surface area contributed by atoms with Crippen molar-refractivity contribution in [2.45, 2.75) is 32.1 Å². The lowest BCUT2D eigenvalue weighted by Crippen LogP contribution is -2.41. The van der Waals surface area contributed by atoms with Crippen LogP contribution in [0.15, 0.2) is 17.5 Å². The molecule has 5 heteroatoms. The van der Waals surface area contributed by atoms with Crippen LogP contribution in [0, 0.1) is 17.8 Å². The normalized spacial score (nSPS) is 30.5. The van der Waals surface area contributed by atoms with Gasteiger partial charge in [-0.25, -0.2) is 0 Å². The van der Waals surface area contributed by atoms with Gasteiger partial charge in [-0.3, -0.25) is 9.59 Å². The first-order chi connectivity index (χ1) is 11.2. The SMILES string of the molecule is O=C(c1cccs1)N1CCCN(C(=O)C2CC3CCC2C3)CC1. The van der Waals surface area contributed by atoms with E-state index in [4.69, 9.17) is 0 Å². The van der Waals surface area contributed by atoms with E-state index in [1.54, 1.807) is 0 Å². The van der Waals surface area contributed by atoms with Crippen molar-refractivity contribution in [2.24, 2.45) is 17.8 Å². The molecule has 0 aromatic carbocycles. The van der Waals surface area contributed by atoms with Gasteiger partial charge in [-0.1, -0.05) is 12.5 Å². The molecule has 3 unspecified atom stereocenters. The van der Waals surface area contributed by atoms with Crippen molar-refractivity contribution in [2.75, 3.05) is 26.2 Å². The summed E-state index contributed by atoms with van der Waals surface area (Å²) in [5.41, 5.74) is 0. The van der Waals surface area contributed by atoms with Crippen molar-refractivity contribution < 1.29 is 9.59 Å². The zero-order valence-corrected chi connectivity index (χ0v) is 14.3. The van der Waals surface area contributed by atoms with Crippen LogP contribution in [0.3, 0.4) is 0 Å². The third-order valence-electron chi connectivity index (χ3n) is 5.88. The maximum Gasteiger partial charge on any atom is 0.263 e. The summed E-state index contributed by atoms with van der Waals surface area (Å²) in [5, 5.41) is 1.94. The summed E-state index contributed by atoms with van der Waals surface area (Å²) in [6, 6.07) is 3.80. The van der Waals surface area contributed by atoms with Crippen molar-refractivity contribution in [3.63, 3.8) is 0 Å². The molecule has 0 spiro atoms. The Balaban J connectivity index is 1.37. The second kappa shape index (κ2) is 6.27. The second-order valence-corrected chi connectivity index (χ2v) is 8.18. The molecule has 23 heavy (non-hydrogen) atoms. The van der Waals surface area contributed by atoms with Crippen LogP contribution in [-0.2, 0) is 4.79 Å². The topological polar surface area (TPSA) is 40.6 Å². The number of carbonyl (C=O) groups is 2. The van der Waals surface area contributed by atoms with Crippen molar-refractivity contribution in [3.8, 4) is 0 Å². The van der Waals surface area contributed by atoms with Crippen LogP contribution in [0.5, 0.6) is 0 Å². The molecule has 2 amide bonds. The summed E-state index contributed by atoms with van der Waals surface area (Å²) in [6.45, 7) is 2.94. The largest absolute Gasteiger partial charge is 0.341 e. The first-order valence-electron chi connectivity index (χ1n) is 8.84. The van der Waals surface area contributed by atoms with Crippen LogP contribution in [0.25, 0.3) is 0 Å². The lowest BCUT2D eigenvalue weighted by Gasteiger charge is -2.28. The number of hydrogen-bond acceptors (Lipinski definition) is 3. The van der Waals surface area contributed by atoms with Gasteiger partial charge in [0, 0.05) is 32.1 Å². The molecular formula is C18H24N2O2S. The number of carbonyl (C=O) groups excluding carboxylic acids is 2. The van der Waals surface area contributed by atoms with Gasteiger partial charge >= 0.3 is 0 Å². The zero-order valence-electron chi connectivity index (χ0n) is 13.4. The molecule has 1 aliphatic heterocycles. The summed E-state index contributed by atoms with van der Waals surface area (Å²) in [5.74, 6) is 2.20. The third-order valence-corrected chi connectivity index (χ3v) is 6.74. The Morgan fingerprint density at radius 1 is 1.04 bits per heavy atom. The lowest BCUT2D eigenvalue weighted by molar-refractivity contribution is -0.137. The van der Waals surface area contributed by atoms with E-state index in [1.807, 2.05) is 27.3 Å². The molecule has 0 radical (unpaired) electrons. The van der Waals surface area contributed by atoms with Gasteiger partial charge < -0.3 is 9.80 Å². The monoisotopic (exact) mass is 332 g/mol. The zero-order chi connectivity index (χ0) is 15.8. The van der Waals surface area contributed by atoms with Gasteiger partial charge in [0.1, 0.15) is 0 Å². The summed E-state index contributed by atoms with van der Waals surface area (Å²) >= 11 is 1.50. The van der Waals surface area contributed by atoms with Gasteiger partial charge in [-0.05, 0) is 49.0 Å². The first kappa shape index (κ1) is 15.2. The van der Waals surface area contributed by atoms with E-state index < -0.39 is 0 Å². The van der Waals surface area contributed by atoms with Crippen LogP contribution in [0.2, 0.25) is 0 Å². The highest BCUT2D eigenvalue weighted by Crippen LogP contribution is 2.48. The van der Waals surface area contributed by atoms with Gasteiger partial charge in [0.2, 0.25) is 5.91 Å². The molecular weight excluding hydrogens is 308 g/mol. The Morgan fingerprint density at radius 3 is 2.57 bits per heavy atom. The summed E-state index contributed by atoms with van der Waals surface area (Å²) in [6.07, 6.45) is 5.85. The number of amides is 2. The Bertz CT molecular complexity index is 586. The molecule has 3 fully saturated rings. The number of hydrogen-bond donors (Lipinski definition) is 0. The smallest absolute Gasteiger partial charge is 0.263 e. The maximum atomic E-state index is 12.9. The van der Waals surface area contributed by atoms with E-state index in [-0.39, 0.29) is 11.8 Å². The second-order valence-electron chi connectivity index (χ2n) is 7.23. The fourth-order valence-corrected chi connectivity index (χ4v) is 5.37. The maximum absolute atomic E-state index is 12.9. The van der Waals surface area contributed by atoms with E-state index in [0.29, 0.717) is 24.9 Å². The Morgan fingerprint density at radius 2 is 1.87 bits per heavy atom. The molecule has 0 N–H and O–H groups in total. The van der Waals surface area contributed by atoms with Gasteiger partial charge in [0.15, 0.2) is 0 Å². The van der Waals surface area contributed by atoms with Crippen LogP contribution in [-0.4, -0.2) is 47.8 Å². The predicted octanol–water partition coefficient (Wildman–Crippen LogP) is 2.86. The predicted molar refractivity (Wildman–Crippen MR) is 90.4 cm³/mol. The molecule has 2 heterocycles. The number of nitrogens with zero attached hydrogens (tertiary/aromatic N) is 2. The van der Waals surface area contributed by atoms with Gasteiger partial charge in [0.25, 0.3) is 5.91 Å². The minimum Gasteiger partial charge on any atom is -0.341 e. The standard InChI is InChI=1S/C18H24N2O2S/c21-17(15-12-13-4-5-14(15)11-13)19-6-2-7-20(9-8-19)18(22)16-3-1-10-23-16/h1,3,10,13-15H,2,4-9,11-12H2. The Hall–Kier alpha value is -1.36. The van der Waals surface area contributed by atoms with E-state index in [2.05, 4.69) is 0 Å². The molecule has 2 bridgehead atoms. The summed E-state index contributed by atoms with van der Waals surface area (Å²) in [4.78, 5) is 30.1. The van der Waals surface area contributed by atoms with Crippen LogP contribution >= 0.6 is 11.3 Å². The quantitative estimate of drug-likeness (QED) is 0.835. The molecule has 1 aromatic rings. The molecule has 2 saturated carbocycles. The minimum absolute atomic E-state index is 0.120. The fourth-order valence-electron chi connectivity index (χ4n) is 4.68. The number of fused-ring (bicyclic) bond motifs is 2. The van der Waals surface area contributed by atoms with E-state index in [0.717, 1.165) is 36.7 Å². The van der Waals surface area contributed by atoms with Crippen LogP contribution in [0.4, 0.5) is 0 Å². The molecule has 2 aliphatic carbocycles. The molecule has 124 valence electrons. The molecule has 3 atom stereocenters. The minimum atomic E-state index is 0.120. The van der Waals surface area contributed by atoms with Gasteiger partial charge in [-0.2, -0.15) is 0 Å². The average Bonchev–Trinajstić information content (AvgIpc) is 3.28. The van der Waals surface area contributed by atoms with E-state index in [9.17, 15) is 9.59 Å². The van der Waals surface area contributed by atoms with Crippen LogP contribution in [0.1, 0.15) is 41.8 Å². The number of rotatable bonds is 2. The number of thiophene rings is 1. The van der Waals surface area contributed by atoms with E-state index in [1.165, 1.54) is 30.6 Å². The summed E-state index contributed by atoms with van der Waals surface area (Å²) in [7, 11) is 0. The molecule has 3 aliphatic rings. The molecule has 4 rings (SSSR count).